The molecule has 2 aromatic rings. The van der Waals surface area contributed by atoms with E-state index in [1.54, 1.807) is 30.3 Å². The first-order valence-electron chi connectivity index (χ1n) is 10.1. The summed E-state index contributed by atoms with van der Waals surface area (Å²) < 4.78 is 26.1. The Hall–Kier alpha value is -3.71. The van der Waals surface area contributed by atoms with E-state index in [4.69, 9.17) is 0 Å². The van der Waals surface area contributed by atoms with Crippen LogP contribution in [0.4, 0.5) is 5.69 Å². The molecule has 2 amide bonds. The van der Waals surface area contributed by atoms with E-state index in [1.165, 1.54) is 6.92 Å². The minimum atomic E-state index is -4.21. The Labute approximate surface area is 204 Å². The Kier molecular flexibility index (Phi) is 7.60. The van der Waals surface area contributed by atoms with Crippen LogP contribution in [0, 0.1) is 10.1 Å². The highest BCUT2D eigenvalue weighted by molar-refractivity contribution is 8.72. The molecule has 184 valence electrons. The van der Waals surface area contributed by atoms with Crippen LogP contribution in [0.15, 0.2) is 71.6 Å². The van der Waals surface area contributed by atoms with Crippen LogP contribution in [0.1, 0.15) is 12.5 Å². The Morgan fingerprint density at radius 2 is 1.80 bits per heavy atom. The molecule has 13 heteroatoms. The predicted molar refractivity (Wildman–Crippen MR) is 127 cm³/mol. The van der Waals surface area contributed by atoms with Crippen LogP contribution in [-0.4, -0.2) is 58.6 Å². The molecule has 0 bridgehead atoms. The fourth-order valence-corrected chi connectivity index (χ4v) is 7.00. The number of carbonyl (C=O) groups excluding carboxylic acids is 2. The molecule has 11 nitrogen and oxygen atoms in total. The first-order valence-corrected chi connectivity index (χ1v) is 13.0. The molecule has 1 fully saturated rings. The molecule has 1 heterocycles. The smallest absolute Gasteiger partial charge is 0.330 e. The van der Waals surface area contributed by atoms with E-state index in [-0.39, 0.29) is 33.4 Å². The third-order valence-corrected chi connectivity index (χ3v) is 8.87. The lowest BCUT2D eigenvalue weighted by atomic mass is 9.99. The fraction of sp³-hybridized carbons (Fsp3) is 0.227. The number of nitro groups is 1. The van der Waals surface area contributed by atoms with Crippen molar-refractivity contribution < 1.29 is 32.8 Å². The van der Waals surface area contributed by atoms with Gasteiger partial charge in [0.15, 0.2) is 6.04 Å². The number of carbonyl (C=O) groups is 3. The fourth-order valence-electron chi connectivity index (χ4n) is 3.49. The van der Waals surface area contributed by atoms with Crippen molar-refractivity contribution >= 4 is 43.1 Å². The third kappa shape index (κ3) is 5.69. The normalized spacial score (nSPS) is 18.3. The average Bonchev–Trinajstić information content (AvgIpc) is 2.80. The van der Waals surface area contributed by atoms with Gasteiger partial charge in [-0.3, -0.25) is 19.7 Å². The standard InChI is InChI=1S/C22H21N3O8S2/c1-13(2)19(22(28)29)24-20(27)18(23-17(26)12-14-6-4-3-5-7-14)21(24)34-35(32,33)16-10-8-15(9-11-16)25(30)31/h3-11,18-19,21H,1,12H2,2H3,(H,23,26)(H,28,29). The highest BCUT2D eigenvalue weighted by Gasteiger charge is 2.55. The minimum Gasteiger partial charge on any atom is -0.479 e. The van der Waals surface area contributed by atoms with Gasteiger partial charge in [0.2, 0.25) is 20.7 Å². The lowest BCUT2D eigenvalue weighted by molar-refractivity contribution is -0.384. The van der Waals surface area contributed by atoms with Gasteiger partial charge in [-0.25, -0.2) is 13.2 Å². The maximum Gasteiger partial charge on any atom is 0.330 e. The molecule has 3 unspecified atom stereocenters. The largest absolute Gasteiger partial charge is 0.479 e. The van der Waals surface area contributed by atoms with Crippen LogP contribution in [0.5, 0.6) is 0 Å². The summed E-state index contributed by atoms with van der Waals surface area (Å²) in [6, 6.07) is 9.98. The number of rotatable bonds is 10. The maximum atomic E-state index is 13.0. The van der Waals surface area contributed by atoms with E-state index in [0.29, 0.717) is 5.56 Å². The maximum absolute atomic E-state index is 13.0. The van der Waals surface area contributed by atoms with Crippen molar-refractivity contribution in [1.82, 2.24) is 10.2 Å². The lowest BCUT2D eigenvalue weighted by Crippen LogP contribution is -2.73. The lowest BCUT2D eigenvalue weighted by Gasteiger charge is -2.48. The van der Waals surface area contributed by atoms with Crippen molar-refractivity contribution in [3.8, 4) is 0 Å². The molecule has 3 rings (SSSR count). The minimum absolute atomic E-state index is 0.0695. The molecule has 3 atom stereocenters. The quantitative estimate of drug-likeness (QED) is 0.157. The van der Waals surface area contributed by atoms with E-state index in [1.807, 2.05) is 0 Å². The summed E-state index contributed by atoms with van der Waals surface area (Å²) in [5.74, 6) is -2.72. The molecule has 35 heavy (non-hydrogen) atoms. The third-order valence-electron chi connectivity index (χ3n) is 5.14. The number of hydrogen-bond donors (Lipinski definition) is 2. The van der Waals surface area contributed by atoms with Gasteiger partial charge in [-0.1, -0.05) is 36.9 Å². The number of amides is 2. The number of nitrogens with one attached hydrogen (secondary N) is 1. The number of nitrogens with zero attached hydrogens (tertiary/aromatic N) is 2. The summed E-state index contributed by atoms with van der Waals surface area (Å²) in [6.07, 6.45) is -0.0695. The second-order valence-electron chi connectivity index (χ2n) is 7.73. The van der Waals surface area contributed by atoms with Crippen molar-refractivity contribution in [2.45, 2.75) is 35.7 Å². The van der Waals surface area contributed by atoms with Crippen molar-refractivity contribution in [2.75, 3.05) is 0 Å². The van der Waals surface area contributed by atoms with Crippen molar-refractivity contribution in [2.24, 2.45) is 0 Å². The zero-order valence-electron chi connectivity index (χ0n) is 18.4. The molecule has 0 aliphatic carbocycles. The number of non-ortho nitro benzene ring substituents is 1. The van der Waals surface area contributed by atoms with Gasteiger partial charge in [-0.2, -0.15) is 0 Å². The molecular formula is C22H21N3O8S2. The van der Waals surface area contributed by atoms with Crippen LogP contribution in [0.3, 0.4) is 0 Å². The molecule has 1 aliphatic rings. The molecule has 0 spiro atoms. The van der Waals surface area contributed by atoms with Crippen LogP contribution in [0.2, 0.25) is 0 Å². The van der Waals surface area contributed by atoms with E-state index < -0.39 is 49.0 Å². The Balaban J connectivity index is 1.88. The van der Waals surface area contributed by atoms with E-state index in [9.17, 15) is 38.0 Å². The summed E-state index contributed by atoms with van der Waals surface area (Å²) >= 11 is 0. The van der Waals surface area contributed by atoms with Gasteiger partial charge in [0.05, 0.1) is 16.2 Å². The van der Waals surface area contributed by atoms with Crippen molar-refractivity contribution in [3.05, 3.63) is 82.4 Å². The monoisotopic (exact) mass is 519 g/mol. The molecular weight excluding hydrogens is 498 g/mol. The molecule has 0 radical (unpaired) electrons. The van der Waals surface area contributed by atoms with Gasteiger partial charge in [-0.05, 0) is 30.2 Å². The highest BCUT2D eigenvalue weighted by Crippen LogP contribution is 2.39. The van der Waals surface area contributed by atoms with E-state index in [0.717, 1.165) is 29.2 Å². The van der Waals surface area contributed by atoms with Gasteiger partial charge < -0.3 is 15.3 Å². The van der Waals surface area contributed by atoms with Gasteiger partial charge in [0, 0.05) is 22.9 Å². The Morgan fingerprint density at radius 3 is 2.31 bits per heavy atom. The Morgan fingerprint density at radius 1 is 1.20 bits per heavy atom. The van der Waals surface area contributed by atoms with Crippen LogP contribution in [-0.2, 0) is 29.7 Å². The van der Waals surface area contributed by atoms with Crippen LogP contribution in [0.25, 0.3) is 0 Å². The van der Waals surface area contributed by atoms with Gasteiger partial charge in [0.1, 0.15) is 11.4 Å². The summed E-state index contributed by atoms with van der Waals surface area (Å²) in [5.41, 5.74) is 0.452. The highest BCUT2D eigenvalue weighted by atomic mass is 33.1. The summed E-state index contributed by atoms with van der Waals surface area (Å²) in [7, 11) is -3.93. The van der Waals surface area contributed by atoms with E-state index in [2.05, 4.69) is 11.9 Å². The first-order chi connectivity index (χ1) is 16.4. The number of benzene rings is 2. The first kappa shape index (κ1) is 25.9. The SMILES string of the molecule is C=C(C)C(C(=O)O)N1C(=O)C(NC(=O)Cc2ccccc2)C1SS(=O)(=O)c1ccc([N+](=O)[O-])cc1. The number of carboxylic acid groups (broad SMARTS) is 1. The summed E-state index contributed by atoms with van der Waals surface area (Å²) in [5, 5.41) is 21.7. The number of nitro benzene ring substituents is 1. The van der Waals surface area contributed by atoms with Crippen molar-refractivity contribution in [3.63, 3.8) is 0 Å². The predicted octanol–water partition coefficient (Wildman–Crippen LogP) is 1.94. The topological polar surface area (TPSA) is 164 Å². The molecule has 0 saturated carbocycles. The van der Waals surface area contributed by atoms with Crippen molar-refractivity contribution in [1.29, 1.82) is 0 Å². The number of hydrogen-bond acceptors (Lipinski definition) is 8. The zero-order chi connectivity index (χ0) is 25.9. The number of aliphatic carboxylic acids is 1. The molecule has 0 aromatic heterocycles. The summed E-state index contributed by atoms with van der Waals surface area (Å²) in [4.78, 5) is 48.0. The van der Waals surface area contributed by atoms with E-state index >= 15 is 0 Å². The Bertz CT molecular complexity index is 1270. The zero-order valence-corrected chi connectivity index (χ0v) is 20.0. The number of β-lactam (4-membered cyclic amide) rings is 1. The molecule has 1 saturated heterocycles. The van der Waals surface area contributed by atoms with Gasteiger partial charge in [-0.15, -0.1) is 0 Å². The summed E-state index contributed by atoms with van der Waals surface area (Å²) in [6.45, 7) is 4.98. The molecule has 2 aromatic carbocycles. The van der Waals surface area contributed by atoms with Gasteiger partial charge in [0.25, 0.3) is 5.69 Å². The molecule has 1 aliphatic heterocycles. The number of carboxylic acids is 1. The van der Waals surface area contributed by atoms with Gasteiger partial charge >= 0.3 is 5.97 Å². The average molecular weight is 520 g/mol. The second kappa shape index (κ2) is 10.3. The van der Waals surface area contributed by atoms with Crippen LogP contribution < -0.4 is 5.32 Å². The van der Waals surface area contributed by atoms with Crippen LogP contribution >= 0.6 is 10.8 Å². The second-order valence-corrected chi connectivity index (χ2v) is 11.7. The number of likely N-dealkylation sites (tertiary alicyclic amines) is 1. The molecule has 2 N–H and O–H groups in total.